The lowest BCUT2D eigenvalue weighted by molar-refractivity contribution is -0.385. The molecule has 0 spiro atoms. The van der Waals surface area contributed by atoms with Crippen LogP contribution in [0.4, 0.5) is 10.1 Å². The van der Waals surface area contributed by atoms with Gasteiger partial charge < -0.3 is 5.32 Å². The Bertz CT molecular complexity index is 627. The van der Waals surface area contributed by atoms with Gasteiger partial charge in [-0.1, -0.05) is 24.3 Å². The molecule has 0 bridgehead atoms. The van der Waals surface area contributed by atoms with Crippen LogP contribution in [0.1, 0.15) is 16.7 Å². The van der Waals surface area contributed by atoms with Gasteiger partial charge in [0.1, 0.15) is 5.82 Å². The minimum Gasteiger partial charge on any atom is -0.312 e. The second kappa shape index (κ2) is 6.95. The van der Waals surface area contributed by atoms with Crippen LogP contribution in [0.25, 0.3) is 0 Å². The number of nitro benzene ring substituents is 1. The predicted octanol–water partition coefficient (Wildman–Crippen LogP) is 3.37. The Morgan fingerprint density at radius 2 is 1.90 bits per heavy atom. The minimum absolute atomic E-state index is 0.146. The average Bonchev–Trinajstić information content (AvgIpc) is 2.46. The molecule has 21 heavy (non-hydrogen) atoms. The summed E-state index contributed by atoms with van der Waals surface area (Å²) < 4.78 is 12.8. The molecule has 0 aliphatic carbocycles. The fraction of sp³-hybridized carbons (Fsp3) is 0.250. The summed E-state index contributed by atoms with van der Waals surface area (Å²) in [6.45, 7) is 3.07. The molecule has 0 aromatic heterocycles. The maximum atomic E-state index is 12.8. The van der Waals surface area contributed by atoms with Crippen LogP contribution < -0.4 is 5.32 Å². The Morgan fingerprint density at radius 3 is 2.57 bits per heavy atom. The van der Waals surface area contributed by atoms with Crippen molar-refractivity contribution in [2.24, 2.45) is 0 Å². The summed E-state index contributed by atoms with van der Waals surface area (Å²) in [5.41, 5.74) is 2.81. The third-order valence-electron chi connectivity index (χ3n) is 3.43. The zero-order valence-corrected chi connectivity index (χ0v) is 11.8. The number of nitrogens with zero attached hydrogens (tertiary/aromatic N) is 1. The van der Waals surface area contributed by atoms with Crippen molar-refractivity contribution in [1.82, 2.24) is 5.32 Å². The predicted molar refractivity (Wildman–Crippen MR) is 79.6 cm³/mol. The van der Waals surface area contributed by atoms with Crippen LogP contribution >= 0.6 is 0 Å². The quantitative estimate of drug-likeness (QED) is 0.503. The maximum Gasteiger partial charge on any atom is 0.272 e. The largest absolute Gasteiger partial charge is 0.312 e. The molecule has 0 saturated carbocycles. The van der Waals surface area contributed by atoms with Crippen molar-refractivity contribution in [2.45, 2.75) is 19.9 Å². The van der Waals surface area contributed by atoms with E-state index in [-0.39, 0.29) is 16.4 Å². The fourth-order valence-corrected chi connectivity index (χ4v) is 2.17. The van der Waals surface area contributed by atoms with E-state index >= 15 is 0 Å². The van der Waals surface area contributed by atoms with Gasteiger partial charge in [0.2, 0.25) is 0 Å². The SMILES string of the molecule is Cc1c(CNCCc2ccc(F)cc2)cccc1[N+](=O)[O-]. The van der Waals surface area contributed by atoms with Crippen LogP contribution in [-0.4, -0.2) is 11.5 Å². The van der Waals surface area contributed by atoms with Crippen molar-refractivity contribution in [3.63, 3.8) is 0 Å². The number of nitro groups is 1. The first kappa shape index (κ1) is 15.1. The molecule has 0 saturated heterocycles. The first-order valence-corrected chi connectivity index (χ1v) is 6.76. The highest BCUT2D eigenvalue weighted by Gasteiger charge is 2.12. The third-order valence-corrected chi connectivity index (χ3v) is 3.43. The number of hydrogen-bond donors (Lipinski definition) is 1. The molecule has 2 aromatic rings. The van der Waals surface area contributed by atoms with Gasteiger partial charge in [0, 0.05) is 18.2 Å². The molecule has 5 heteroatoms. The van der Waals surface area contributed by atoms with Crippen molar-refractivity contribution in [3.8, 4) is 0 Å². The van der Waals surface area contributed by atoms with E-state index in [0.717, 1.165) is 24.1 Å². The third kappa shape index (κ3) is 4.10. The van der Waals surface area contributed by atoms with Crippen molar-refractivity contribution in [1.29, 1.82) is 0 Å². The van der Waals surface area contributed by atoms with E-state index < -0.39 is 0 Å². The van der Waals surface area contributed by atoms with Crippen molar-refractivity contribution in [3.05, 3.63) is 75.1 Å². The second-order valence-corrected chi connectivity index (χ2v) is 4.87. The monoisotopic (exact) mass is 288 g/mol. The molecule has 0 unspecified atom stereocenters. The van der Waals surface area contributed by atoms with E-state index in [4.69, 9.17) is 0 Å². The highest BCUT2D eigenvalue weighted by Crippen LogP contribution is 2.20. The van der Waals surface area contributed by atoms with Gasteiger partial charge in [-0.2, -0.15) is 0 Å². The van der Waals surface area contributed by atoms with Gasteiger partial charge >= 0.3 is 0 Å². The normalized spacial score (nSPS) is 10.6. The highest BCUT2D eigenvalue weighted by molar-refractivity contribution is 5.44. The van der Waals surface area contributed by atoms with Crippen LogP contribution in [0.2, 0.25) is 0 Å². The highest BCUT2D eigenvalue weighted by atomic mass is 19.1. The molecule has 4 nitrogen and oxygen atoms in total. The number of hydrogen-bond acceptors (Lipinski definition) is 3. The van der Waals surface area contributed by atoms with Gasteiger partial charge in [-0.25, -0.2) is 4.39 Å². The van der Waals surface area contributed by atoms with Crippen molar-refractivity contribution < 1.29 is 9.31 Å². The molecular formula is C16H17FN2O2. The van der Waals surface area contributed by atoms with Crippen molar-refractivity contribution in [2.75, 3.05) is 6.54 Å². The molecule has 1 N–H and O–H groups in total. The molecule has 0 fully saturated rings. The summed E-state index contributed by atoms with van der Waals surface area (Å²) in [5, 5.41) is 14.1. The summed E-state index contributed by atoms with van der Waals surface area (Å²) in [7, 11) is 0. The number of halogens is 1. The summed E-state index contributed by atoms with van der Waals surface area (Å²) >= 11 is 0. The number of benzene rings is 2. The first-order chi connectivity index (χ1) is 10.1. The topological polar surface area (TPSA) is 55.2 Å². The molecule has 0 aliphatic heterocycles. The van der Waals surface area contributed by atoms with E-state index in [1.54, 1.807) is 25.1 Å². The lowest BCUT2D eigenvalue weighted by Crippen LogP contribution is -2.17. The average molecular weight is 288 g/mol. The second-order valence-electron chi connectivity index (χ2n) is 4.87. The Kier molecular flexibility index (Phi) is 5.00. The smallest absolute Gasteiger partial charge is 0.272 e. The van der Waals surface area contributed by atoms with Crippen LogP contribution in [0.5, 0.6) is 0 Å². The molecule has 0 aliphatic rings. The molecular weight excluding hydrogens is 271 g/mol. The lowest BCUT2D eigenvalue weighted by atomic mass is 10.1. The summed E-state index contributed by atoms with van der Waals surface area (Å²) in [5.74, 6) is -0.237. The Balaban J connectivity index is 1.88. The van der Waals surface area contributed by atoms with E-state index in [1.807, 2.05) is 6.07 Å². The number of nitrogens with one attached hydrogen (secondary N) is 1. The molecule has 0 radical (unpaired) electrons. The summed E-state index contributed by atoms with van der Waals surface area (Å²) in [6.07, 6.45) is 0.786. The summed E-state index contributed by atoms with van der Waals surface area (Å²) in [4.78, 5) is 10.5. The maximum absolute atomic E-state index is 12.8. The fourth-order valence-electron chi connectivity index (χ4n) is 2.17. The van der Waals surface area contributed by atoms with Crippen LogP contribution in [0.3, 0.4) is 0 Å². The van der Waals surface area contributed by atoms with Crippen LogP contribution in [0.15, 0.2) is 42.5 Å². The zero-order valence-electron chi connectivity index (χ0n) is 11.8. The molecule has 0 amide bonds. The van der Waals surface area contributed by atoms with Gasteiger partial charge in [-0.3, -0.25) is 10.1 Å². The molecule has 110 valence electrons. The molecule has 2 rings (SSSR count). The van der Waals surface area contributed by atoms with Gasteiger partial charge in [0.15, 0.2) is 0 Å². The summed E-state index contributed by atoms with van der Waals surface area (Å²) in [6, 6.07) is 11.5. The molecule has 2 aromatic carbocycles. The van der Waals surface area contributed by atoms with E-state index in [0.29, 0.717) is 12.1 Å². The lowest BCUT2D eigenvalue weighted by Gasteiger charge is -2.08. The van der Waals surface area contributed by atoms with Crippen LogP contribution in [-0.2, 0) is 13.0 Å². The standard InChI is InChI=1S/C16H17FN2O2/c1-12-14(3-2-4-16(12)19(20)21)11-18-10-9-13-5-7-15(17)8-6-13/h2-8,18H,9-11H2,1H3. The Hall–Kier alpha value is -2.27. The Morgan fingerprint density at radius 1 is 1.19 bits per heavy atom. The first-order valence-electron chi connectivity index (χ1n) is 6.76. The molecule has 0 atom stereocenters. The van der Waals surface area contributed by atoms with E-state index in [2.05, 4.69) is 5.32 Å². The van der Waals surface area contributed by atoms with E-state index in [9.17, 15) is 14.5 Å². The number of rotatable bonds is 6. The van der Waals surface area contributed by atoms with Gasteiger partial charge in [-0.15, -0.1) is 0 Å². The van der Waals surface area contributed by atoms with Gasteiger partial charge in [0.25, 0.3) is 5.69 Å². The van der Waals surface area contributed by atoms with Crippen molar-refractivity contribution >= 4 is 5.69 Å². The minimum atomic E-state index is -0.364. The van der Waals surface area contributed by atoms with Gasteiger partial charge in [-0.05, 0) is 43.1 Å². The zero-order chi connectivity index (χ0) is 15.2. The van der Waals surface area contributed by atoms with Gasteiger partial charge in [0.05, 0.1) is 4.92 Å². The Labute approximate surface area is 122 Å². The molecule has 0 heterocycles. The van der Waals surface area contributed by atoms with E-state index in [1.165, 1.54) is 18.2 Å². The van der Waals surface area contributed by atoms with Crippen LogP contribution in [0, 0.1) is 22.9 Å².